The Morgan fingerprint density at radius 3 is 2.88 bits per heavy atom. The Morgan fingerprint density at radius 2 is 2.29 bits per heavy atom. The highest BCUT2D eigenvalue weighted by atomic mass is 35.5. The van der Waals surface area contributed by atoms with Crippen LogP contribution in [0.2, 0.25) is 5.02 Å². The third kappa shape index (κ3) is 1.65. The molecule has 2 fully saturated rings. The summed E-state index contributed by atoms with van der Waals surface area (Å²) in [5.74, 6) is 0.241. The summed E-state index contributed by atoms with van der Waals surface area (Å²) in [4.78, 5) is 14.1. The Kier molecular flexibility index (Phi) is 2.42. The number of halogens is 1. The molecule has 1 aromatic rings. The van der Waals surface area contributed by atoms with Gasteiger partial charge in [-0.05, 0) is 37.5 Å². The summed E-state index contributed by atoms with van der Waals surface area (Å²) in [6.07, 6.45) is 1.90. The minimum Gasteiger partial charge on any atom is -0.322 e. The summed E-state index contributed by atoms with van der Waals surface area (Å²) in [6, 6.07) is 7.72. The zero-order chi connectivity index (χ0) is 12.0. The van der Waals surface area contributed by atoms with E-state index in [9.17, 15) is 4.79 Å². The van der Waals surface area contributed by atoms with Gasteiger partial charge >= 0.3 is 0 Å². The summed E-state index contributed by atoms with van der Waals surface area (Å²) in [5, 5.41) is 4.17. The quantitative estimate of drug-likeness (QED) is 0.874. The summed E-state index contributed by atoms with van der Waals surface area (Å²) in [7, 11) is 0. The van der Waals surface area contributed by atoms with E-state index in [0.717, 1.165) is 24.9 Å². The third-order valence-corrected chi connectivity index (χ3v) is 3.89. The first-order valence-corrected chi connectivity index (χ1v) is 6.38. The van der Waals surface area contributed by atoms with Gasteiger partial charge in [0.05, 0.1) is 0 Å². The van der Waals surface area contributed by atoms with Crippen molar-refractivity contribution in [3.05, 3.63) is 34.9 Å². The van der Waals surface area contributed by atoms with Gasteiger partial charge in [0.1, 0.15) is 11.7 Å². The van der Waals surface area contributed by atoms with Crippen molar-refractivity contribution in [2.45, 2.75) is 31.5 Å². The Morgan fingerprint density at radius 1 is 1.53 bits per heavy atom. The van der Waals surface area contributed by atoms with Crippen LogP contribution in [0, 0.1) is 0 Å². The Bertz CT molecular complexity index is 470. The summed E-state index contributed by atoms with van der Waals surface area (Å²) in [5.41, 5.74) is 0.805. The number of carbonyl (C=O) groups is 1. The SMILES string of the molecule is CCN1C(=O)C2(CC2)NC1c1cccc(Cl)c1. The highest BCUT2D eigenvalue weighted by Crippen LogP contribution is 2.45. The number of amides is 1. The molecule has 1 N–H and O–H groups in total. The molecule has 2 aliphatic rings. The van der Waals surface area contributed by atoms with Gasteiger partial charge in [0, 0.05) is 11.6 Å². The minimum absolute atomic E-state index is 0.0197. The molecule has 0 radical (unpaired) electrons. The average molecular weight is 251 g/mol. The molecule has 1 unspecified atom stereocenters. The second-order valence-corrected chi connectivity index (χ2v) is 5.21. The van der Waals surface area contributed by atoms with E-state index in [0.29, 0.717) is 5.02 Å². The van der Waals surface area contributed by atoms with Crippen molar-refractivity contribution >= 4 is 17.5 Å². The first-order chi connectivity index (χ1) is 8.16. The number of hydrogen-bond acceptors (Lipinski definition) is 2. The van der Waals surface area contributed by atoms with E-state index in [1.807, 2.05) is 36.1 Å². The van der Waals surface area contributed by atoms with Crippen molar-refractivity contribution in [1.82, 2.24) is 10.2 Å². The first kappa shape index (κ1) is 11.1. The smallest absolute Gasteiger partial charge is 0.244 e. The zero-order valence-electron chi connectivity index (χ0n) is 9.74. The van der Waals surface area contributed by atoms with Crippen molar-refractivity contribution in [1.29, 1.82) is 0 Å². The molecule has 3 nitrogen and oxygen atoms in total. The topological polar surface area (TPSA) is 32.3 Å². The summed E-state index contributed by atoms with van der Waals surface area (Å²) < 4.78 is 0. The molecule has 90 valence electrons. The van der Waals surface area contributed by atoms with Crippen LogP contribution in [0.15, 0.2) is 24.3 Å². The molecule has 1 aliphatic heterocycles. The number of nitrogens with one attached hydrogen (secondary N) is 1. The Balaban J connectivity index is 1.95. The molecule has 1 spiro atoms. The maximum absolute atomic E-state index is 12.2. The normalized spacial score (nSPS) is 25.6. The largest absolute Gasteiger partial charge is 0.322 e. The first-order valence-electron chi connectivity index (χ1n) is 6.00. The number of nitrogens with zero attached hydrogens (tertiary/aromatic N) is 1. The lowest BCUT2D eigenvalue weighted by molar-refractivity contribution is -0.130. The maximum Gasteiger partial charge on any atom is 0.244 e. The number of benzene rings is 1. The molecular formula is C13H15ClN2O. The van der Waals surface area contributed by atoms with E-state index in [-0.39, 0.29) is 17.6 Å². The average Bonchev–Trinajstić information content (AvgIpc) is 3.03. The van der Waals surface area contributed by atoms with Crippen LogP contribution in [0.5, 0.6) is 0 Å². The van der Waals surface area contributed by atoms with Crippen molar-refractivity contribution in [3.8, 4) is 0 Å². The van der Waals surface area contributed by atoms with Gasteiger partial charge in [0.25, 0.3) is 0 Å². The van der Waals surface area contributed by atoms with Crippen LogP contribution < -0.4 is 5.32 Å². The molecule has 1 atom stereocenters. The molecule has 1 aliphatic carbocycles. The minimum atomic E-state index is -0.261. The van der Waals surface area contributed by atoms with Crippen LogP contribution in [0.3, 0.4) is 0 Å². The molecule has 1 saturated carbocycles. The predicted octanol–water partition coefficient (Wildman–Crippen LogP) is 2.32. The van der Waals surface area contributed by atoms with E-state index in [4.69, 9.17) is 11.6 Å². The molecule has 0 bridgehead atoms. The molecular weight excluding hydrogens is 236 g/mol. The highest BCUT2D eigenvalue weighted by Gasteiger charge is 2.58. The van der Waals surface area contributed by atoms with E-state index in [2.05, 4.69) is 5.32 Å². The molecule has 1 aromatic carbocycles. The number of carbonyl (C=O) groups excluding carboxylic acids is 1. The van der Waals surface area contributed by atoms with Crippen LogP contribution >= 0.6 is 11.6 Å². The van der Waals surface area contributed by atoms with Gasteiger partial charge in [-0.1, -0.05) is 23.7 Å². The molecule has 17 heavy (non-hydrogen) atoms. The summed E-state index contributed by atoms with van der Waals surface area (Å²) in [6.45, 7) is 2.74. The van der Waals surface area contributed by atoms with Crippen molar-refractivity contribution in [3.63, 3.8) is 0 Å². The van der Waals surface area contributed by atoms with Crippen molar-refractivity contribution in [2.24, 2.45) is 0 Å². The maximum atomic E-state index is 12.2. The molecule has 1 heterocycles. The number of hydrogen-bond donors (Lipinski definition) is 1. The van der Waals surface area contributed by atoms with Gasteiger partial charge in [0.15, 0.2) is 0 Å². The Labute approximate surface area is 106 Å². The fraction of sp³-hybridized carbons (Fsp3) is 0.462. The van der Waals surface area contributed by atoms with Crippen molar-refractivity contribution in [2.75, 3.05) is 6.54 Å². The van der Waals surface area contributed by atoms with Crippen molar-refractivity contribution < 1.29 is 4.79 Å². The lowest BCUT2D eigenvalue weighted by Gasteiger charge is -2.22. The second-order valence-electron chi connectivity index (χ2n) is 4.78. The lowest BCUT2D eigenvalue weighted by atomic mass is 10.1. The van der Waals surface area contributed by atoms with Gasteiger partial charge in [0.2, 0.25) is 5.91 Å². The van der Waals surface area contributed by atoms with Gasteiger partial charge in [-0.3, -0.25) is 10.1 Å². The molecule has 3 rings (SSSR count). The van der Waals surface area contributed by atoms with Gasteiger partial charge in [-0.25, -0.2) is 0 Å². The van der Waals surface area contributed by atoms with E-state index in [1.165, 1.54) is 0 Å². The van der Waals surface area contributed by atoms with Crippen LogP contribution in [-0.2, 0) is 4.79 Å². The van der Waals surface area contributed by atoms with Gasteiger partial charge in [-0.2, -0.15) is 0 Å². The fourth-order valence-corrected chi connectivity index (χ4v) is 2.74. The summed E-state index contributed by atoms with van der Waals surface area (Å²) >= 11 is 6.01. The third-order valence-electron chi connectivity index (χ3n) is 3.65. The van der Waals surface area contributed by atoms with Crippen LogP contribution in [0.25, 0.3) is 0 Å². The second kappa shape index (κ2) is 3.72. The van der Waals surface area contributed by atoms with Gasteiger partial charge in [-0.15, -0.1) is 0 Å². The number of likely N-dealkylation sites (N-methyl/N-ethyl adjacent to an activating group) is 1. The standard InChI is InChI=1S/C13H15ClN2O/c1-2-16-11(9-4-3-5-10(14)8-9)15-13(6-7-13)12(16)17/h3-5,8,11,15H,2,6-7H2,1H3. The number of rotatable bonds is 2. The molecule has 4 heteroatoms. The highest BCUT2D eigenvalue weighted by molar-refractivity contribution is 6.30. The van der Waals surface area contributed by atoms with E-state index >= 15 is 0 Å². The zero-order valence-corrected chi connectivity index (χ0v) is 10.5. The fourth-order valence-electron chi connectivity index (χ4n) is 2.54. The Hall–Kier alpha value is -1.06. The predicted molar refractivity (Wildman–Crippen MR) is 66.7 cm³/mol. The van der Waals surface area contributed by atoms with Gasteiger partial charge < -0.3 is 4.90 Å². The van der Waals surface area contributed by atoms with Crippen LogP contribution in [0.4, 0.5) is 0 Å². The van der Waals surface area contributed by atoms with Crippen LogP contribution in [0.1, 0.15) is 31.5 Å². The van der Waals surface area contributed by atoms with E-state index < -0.39 is 0 Å². The molecule has 1 saturated heterocycles. The monoisotopic (exact) mass is 250 g/mol. The lowest BCUT2D eigenvalue weighted by Crippen LogP contribution is -2.32. The molecule has 1 amide bonds. The van der Waals surface area contributed by atoms with E-state index in [1.54, 1.807) is 0 Å². The van der Waals surface area contributed by atoms with Crippen LogP contribution in [-0.4, -0.2) is 22.9 Å². The molecule has 0 aromatic heterocycles.